The van der Waals surface area contributed by atoms with E-state index in [2.05, 4.69) is 28.8 Å². The third kappa shape index (κ3) is 8.35. The zero-order chi connectivity index (χ0) is 37.9. The fraction of sp³-hybridized carbons (Fsp3) is 0.432. The van der Waals surface area contributed by atoms with Crippen molar-refractivity contribution in [2.75, 3.05) is 71.0 Å². The second-order valence-corrected chi connectivity index (χ2v) is 16.9. The normalized spacial score (nSPS) is 19.9. The molecule has 0 aliphatic carbocycles. The second-order valence-electron chi connectivity index (χ2n) is 13.6. The maximum atomic E-state index is 14.4. The third-order valence-corrected chi connectivity index (χ3v) is 12.5. The number of carbonyl (C=O) groups excluding carboxylic acids is 3. The average Bonchev–Trinajstić information content (AvgIpc) is 3.64. The van der Waals surface area contributed by atoms with E-state index in [1.54, 1.807) is 40.3 Å². The minimum absolute atomic E-state index is 0.00358. The number of carboxylic acids is 1. The van der Waals surface area contributed by atoms with Gasteiger partial charge in [-0.1, -0.05) is 24.3 Å². The molecule has 0 aromatic heterocycles. The summed E-state index contributed by atoms with van der Waals surface area (Å²) in [6.45, 7) is 9.49. The van der Waals surface area contributed by atoms with Crippen molar-refractivity contribution in [3.05, 3.63) is 59.7 Å². The monoisotopic (exact) mass is 749 g/mol. The number of anilines is 1. The Hall–Kier alpha value is -5.30. The van der Waals surface area contributed by atoms with Crippen molar-refractivity contribution in [3.63, 3.8) is 0 Å². The van der Waals surface area contributed by atoms with Crippen LogP contribution in [0.15, 0.2) is 53.6 Å². The summed E-state index contributed by atoms with van der Waals surface area (Å²) in [5, 5.41) is 15.0. The summed E-state index contributed by atoms with van der Waals surface area (Å²) in [5.41, 5.74) is 3.80. The molecule has 16 heteroatoms. The third-order valence-electron chi connectivity index (χ3n) is 9.78. The van der Waals surface area contributed by atoms with Crippen LogP contribution in [0.25, 0.3) is 0 Å². The first-order valence-electron chi connectivity index (χ1n) is 17.4. The topological polar surface area (TPSA) is 185 Å². The first-order chi connectivity index (χ1) is 25.4. The van der Waals surface area contributed by atoms with Crippen molar-refractivity contribution >= 4 is 48.4 Å². The molecule has 2 fully saturated rings. The van der Waals surface area contributed by atoms with Crippen molar-refractivity contribution in [3.8, 4) is 23.0 Å². The molecule has 3 amide bonds. The van der Waals surface area contributed by atoms with E-state index in [1.807, 2.05) is 0 Å². The molecule has 2 aromatic carbocycles. The van der Waals surface area contributed by atoms with Gasteiger partial charge in [-0.2, -0.15) is 0 Å². The lowest BCUT2D eigenvalue weighted by Crippen LogP contribution is -2.36. The first kappa shape index (κ1) is 37.5. The number of fused-ring (bicyclic) bond motifs is 4. The van der Waals surface area contributed by atoms with Gasteiger partial charge in [-0.25, -0.2) is 0 Å². The lowest BCUT2D eigenvalue weighted by molar-refractivity contribution is -0.138. The summed E-state index contributed by atoms with van der Waals surface area (Å²) in [6, 6.07) is 6.34. The van der Waals surface area contributed by atoms with E-state index in [0.717, 1.165) is 17.6 Å². The van der Waals surface area contributed by atoms with Gasteiger partial charge >= 0.3 is 5.97 Å². The molecule has 4 aliphatic rings. The van der Waals surface area contributed by atoms with Crippen molar-refractivity contribution in [1.82, 2.24) is 15.1 Å². The van der Waals surface area contributed by atoms with Crippen LogP contribution in [0.1, 0.15) is 46.4 Å². The Bertz CT molecular complexity index is 1930. The van der Waals surface area contributed by atoms with Crippen molar-refractivity contribution in [2.45, 2.75) is 37.8 Å². The van der Waals surface area contributed by atoms with Gasteiger partial charge < -0.3 is 49.1 Å². The van der Waals surface area contributed by atoms with E-state index < -0.39 is 19.0 Å². The van der Waals surface area contributed by atoms with Crippen LogP contribution in [0.2, 0.25) is 0 Å². The van der Waals surface area contributed by atoms with Crippen LogP contribution in [-0.4, -0.2) is 123 Å². The van der Waals surface area contributed by atoms with E-state index in [4.69, 9.17) is 24.1 Å². The summed E-state index contributed by atoms with van der Waals surface area (Å²) >= 11 is 0. The van der Waals surface area contributed by atoms with Crippen LogP contribution in [0.5, 0.6) is 23.0 Å². The number of nitrogens with zero attached hydrogens (tertiary/aromatic N) is 3. The molecule has 0 radical (unpaired) electrons. The molecular weight excluding hydrogens is 705 g/mol. The Kier molecular flexibility index (Phi) is 11.1. The summed E-state index contributed by atoms with van der Waals surface area (Å²) in [4.78, 5) is 58.3. The Labute approximate surface area is 307 Å². The van der Waals surface area contributed by atoms with Crippen molar-refractivity contribution in [1.29, 1.82) is 0 Å². The molecule has 4 aliphatic heterocycles. The molecule has 3 atom stereocenters. The van der Waals surface area contributed by atoms with Crippen LogP contribution in [0, 0.1) is 0 Å². The highest BCUT2D eigenvalue weighted by atomic mass is 31.2. The number of methoxy groups -OCH3 is 2. The standard InChI is InChI=1S/C37H44N5O10P/c1-22-11-24-17-38-28-15-32(30(49-3)13-26(28)36(46)41(24)19-22)51-7-9-53(48,21-40-34(43)5-6-35(44)45)10-8-52-33-16-29-27(14-31(33)50-4)37(47)42-20-23(2)12-25(42)18-39-29/h13-17,24-25,39H,1-2,5-12,18-21H2,3-4H3,(H,40,43)(H,44,45)/t24-,25-,53?/m0/s1. The number of hydrogen-bond donors (Lipinski definition) is 3. The van der Waals surface area contributed by atoms with Crippen LogP contribution < -0.4 is 29.6 Å². The molecule has 6 rings (SSSR count). The van der Waals surface area contributed by atoms with Gasteiger partial charge in [-0.05, 0) is 25.0 Å². The molecule has 0 bridgehead atoms. The van der Waals surface area contributed by atoms with Crippen LogP contribution in [0.3, 0.4) is 0 Å². The number of nitrogens with one attached hydrogen (secondary N) is 2. The molecule has 0 saturated carbocycles. The quantitative estimate of drug-likeness (QED) is 0.176. The lowest BCUT2D eigenvalue weighted by Gasteiger charge is -2.22. The van der Waals surface area contributed by atoms with E-state index in [-0.39, 0.29) is 68.6 Å². The number of rotatable bonds is 15. The number of ether oxygens (including phenoxy) is 4. The van der Waals surface area contributed by atoms with E-state index in [0.29, 0.717) is 71.6 Å². The summed E-state index contributed by atoms with van der Waals surface area (Å²) in [5.74, 6) is -0.686. The lowest BCUT2D eigenvalue weighted by atomic mass is 10.1. The van der Waals surface area contributed by atoms with E-state index >= 15 is 0 Å². The van der Waals surface area contributed by atoms with Gasteiger partial charge in [0.1, 0.15) is 7.14 Å². The van der Waals surface area contributed by atoms with Crippen LogP contribution in [0.4, 0.5) is 11.4 Å². The Balaban J connectivity index is 1.15. The zero-order valence-corrected chi connectivity index (χ0v) is 30.7. The highest BCUT2D eigenvalue weighted by molar-refractivity contribution is 7.63. The molecule has 53 heavy (non-hydrogen) atoms. The number of amides is 3. The molecular formula is C37H44N5O10P. The maximum absolute atomic E-state index is 14.4. The fourth-order valence-electron chi connectivity index (χ4n) is 6.90. The molecule has 4 heterocycles. The summed E-state index contributed by atoms with van der Waals surface area (Å²) < 4.78 is 37.7. The highest BCUT2D eigenvalue weighted by Crippen LogP contribution is 2.45. The Morgan fingerprint density at radius 3 is 2.21 bits per heavy atom. The number of hydrogen-bond acceptors (Lipinski definition) is 11. The van der Waals surface area contributed by atoms with Crippen molar-refractivity contribution < 1.29 is 47.8 Å². The minimum atomic E-state index is -3.25. The Morgan fingerprint density at radius 1 is 0.906 bits per heavy atom. The zero-order valence-electron chi connectivity index (χ0n) is 29.9. The fourth-order valence-corrected chi connectivity index (χ4v) is 8.75. The molecule has 0 spiro atoms. The van der Waals surface area contributed by atoms with Gasteiger partial charge in [0.15, 0.2) is 23.0 Å². The van der Waals surface area contributed by atoms with Gasteiger partial charge in [0.05, 0.1) is 74.7 Å². The molecule has 15 nitrogen and oxygen atoms in total. The van der Waals surface area contributed by atoms with Crippen LogP contribution >= 0.6 is 7.14 Å². The maximum Gasteiger partial charge on any atom is 0.303 e. The predicted molar refractivity (Wildman–Crippen MR) is 198 cm³/mol. The first-order valence-corrected chi connectivity index (χ1v) is 19.6. The van der Waals surface area contributed by atoms with Gasteiger partial charge in [0, 0.05) is 56.7 Å². The van der Waals surface area contributed by atoms with Gasteiger partial charge in [-0.15, -0.1) is 0 Å². The highest BCUT2D eigenvalue weighted by Gasteiger charge is 2.36. The minimum Gasteiger partial charge on any atom is -0.493 e. The Morgan fingerprint density at radius 2 is 1.53 bits per heavy atom. The molecule has 282 valence electrons. The number of carboxylic acid groups (broad SMARTS) is 1. The number of benzene rings is 2. The van der Waals surface area contributed by atoms with E-state index in [1.165, 1.54) is 14.2 Å². The SMILES string of the molecule is C=C1C[C@H]2CNc3cc(OCCP(=O)(CCOc4cc5c(cc4OC)C(=O)N4CC(=C)C[C@H]4C=N5)CNC(=O)CCC(=O)O)c(OC)cc3C(=O)N2C1. The number of aliphatic carboxylic acids is 1. The molecule has 3 N–H and O–H groups in total. The second kappa shape index (κ2) is 15.7. The molecule has 2 saturated heterocycles. The number of aliphatic imine (C=N–C) groups is 1. The summed E-state index contributed by atoms with van der Waals surface area (Å²) in [6.07, 6.45) is 2.32. The van der Waals surface area contributed by atoms with E-state index in [9.17, 15) is 23.7 Å². The molecule has 2 aromatic rings. The average molecular weight is 750 g/mol. The molecule has 1 unspecified atom stereocenters. The predicted octanol–water partition coefficient (Wildman–Crippen LogP) is 4.15. The van der Waals surface area contributed by atoms with Gasteiger partial charge in [0.25, 0.3) is 11.8 Å². The number of carbonyl (C=O) groups is 4. The van der Waals surface area contributed by atoms with Crippen molar-refractivity contribution in [2.24, 2.45) is 4.99 Å². The summed E-state index contributed by atoms with van der Waals surface area (Å²) in [7, 11) is -0.329. The smallest absolute Gasteiger partial charge is 0.303 e. The van der Waals surface area contributed by atoms with Gasteiger partial charge in [-0.3, -0.25) is 24.2 Å². The van der Waals surface area contributed by atoms with Gasteiger partial charge in [0.2, 0.25) is 5.91 Å². The largest absolute Gasteiger partial charge is 0.493 e. The van der Waals surface area contributed by atoms with Crippen LogP contribution in [-0.2, 0) is 14.2 Å².